The molecule has 0 aliphatic carbocycles. The molecule has 0 aromatic rings. The van der Waals surface area contributed by atoms with Crippen LogP contribution in [-0.4, -0.2) is 18.5 Å². The smallest absolute Gasteiger partial charge is 0.153 e. The Kier molecular flexibility index (Phi) is 9.59. The molecule has 46 valence electrons. The van der Waals surface area contributed by atoms with Gasteiger partial charge < -0.3 is 9.84 Å². The molecule has 1 N–H and O–H groups in total. The van der Waals surface area contributed by atoms with E-state index in [2.05, 4.69) is 4.74 Å². The molecule has 0 rings (SSSR count). The average Bonchev–Trinajstić information content (AvgIpc) is 1.65. The van der Waals surface area contributed by atoms with Gasteiger partial charge in [0.1, 0.15) is 0 Å². The van der Waals surface area contributed by atoms with Crippen LogP contribution in [0.5, 0.6) is 0 Å². The van der Waals surface area contributed by atoms with Crippen molar-refractivity contribution in [2.45, 2.75) is 19.6 Å². The first-order chi connectivity index (χ1) is 2.81. The van der Waals surface area contributed by atoms with E-state index in [0.717, 1.165) is 0 Å². The molecule has 1 unspecified atom stereocenters. The number of methoxy groups -OCH3 is 1. The van der Waals surface area contributed by atoms with Gasteiger partial charge in [0.2, 0.25) is 0 Å². The normalized spacial score (nSPS) is 12.4. The first-order valence-corrected chi connectivity index (χ1v) is 2.02. The van der Waals surface area contributed by atoms with Crippen LogP contribution in [-0.2, 0) is 21.8 Å². The third kappa shape index (κ3) is 6.44. The van der Waals surface area contributed by atoms with Gasteiger partial charge in [0.25, 0.3) is 0 Å². The predicted octanol–water partition coefficient (Wildman–Crippen LogP) is 0.359. The van der Waals surface area contributed by atoms with Crippen LogP contribution in [0.2, 0.25) is 0 Å². The fourth-order valence-corrected chi connectivity index (χ4v) is 0.167. The van der Waals surface area contributed by atoms with E-state index in [1.54, 1.807) is 0 Å². The molecule has 0 heterocycles. The quantitative estimate of drug-likeness (QED) is 0.450. The summed E-state index contributed by atoms with van der Waals surface area (Å²) in [5.41, 5.74) is 0. The summed E-state index contributed by atoms with van der Waals surface area (Å²) in [7, 11) is 1.48. The monoisotopic (exact) mass is 146 g/mol. The largest absolute Gasteiger partial charge is 0.368 e. The number of aliphatic hydroxyl groups is 1. The molecule has 0 aromatic heterocycles. The Morgan fingerprint density at radius 1 is 1.71 bits per heavy atom. The van der Waals surface area contributed by atoms with E-state index >= 15 is 0 Å². The molecule has 3 heteroatoms. The first-order valence-electron chi connectivity index (χ1n) is 2.02. The average molecular weight is 146 g/mol. The van der Waals surface area contributed by atoms with Gasteiger partial charge in [-0.25, -0.2) is 0 Å². The van der Waals surface area contributed by atoms with Crippen LogP contribution >= 0.6 is 0 Å². The molecule has 0 spiro atoms. The fraction of sp³-hybridized carbons (Fsp3) is 1.00. The van der Waals surface area contributed by atoms with Gasteiger partial charge in [-0.3, -0.25) is 0 Å². The number of hydrogen-bond acceptors (Lipinski definition) is 2. The van der Waals surface area contributed by atoms with Crippen LogP contribution < -0.4 is 0 Å². The third-order valence-corrected chi connectivity index (χ3v) is 0.621. The summed E-state index contributed by atoms with van der Waals surface area (Å²) in [6.45, 7) is 1.86. The van der Waals surface area contributed by atoms with E-state index in [0.29, 0.717) is 6.42 Å². The van der Waals surface area contributed by atoms with E-state index in [4.69, 9.17) is 5.11 Å². The second-order valence-corrected chi connectivity index (χ2v) is 1.10. The molecular formula is C4H10FeO2. The van der Waals surface area contributed by atoms with Crippen molar-refractivity contribution >= 4 is 0 Å². The summed E-state index contributed by atoms with van der Waals surface area (Å²) >= 11 is 0. The molecule has 0 saturated heterocycles. The van der Waals surface area contributed by atoms with E-state index < -0.39 is 6.29 Å². The molecule has 0 aliphatic rings. The third-order valence-electron chi connectivity index (χ3n) is 0.621. The zero-order chi connectivity index (χ0) is 4.99. The topological polar surface area (TPSA) is 29.5 Å². The molecule has 0 aliphatic heterocycles. The van der Waals surface area contributed by atoms with Crippen molar-refractivity contribution in [3.8, 4) is 0 Å². The second kappa shape index (κ2) is 6.44. The number of hydrogen-bond donors (Lipinski definition) is 1. The van der Waals surface area contributed by atoms with E-state index in [9.17, 15) is 0 Å². The molecule has 7 heavy (non-hydrogen) atoms. The maximum atomic E-state index is 8.44. The van der Waals surface area contributed by atoms with Crippen molar-refractivity contribution in [2.75, 3.05) is 7.11 Å². The molecule has 0 bridgehead atoms. The molecule has 0 fully saturated rings. The Hall–Kier alpha value is 0.439. The van der Waals surface area contributed by atoms with Crippen LogP contribution in [0.25, 0.3) is 0 Å². The first kappa shape index (κ1) is 10.4. The van der Waals surface area contributed by atoms with Gasteiger partial charge >= 0.3 is 0 Å². The SMILES string of the molecule is CCC(O)OC.[Fe]. The molecule has 0 aromatic carbocycles. The Morgan fingerprint density at radius 3 is 2.14 bits per heavy atom. The zero-order valence-electron chi connectivity index (χ0n) is 4.49. The van der Waals surface area contributed by atoms with Gasteiger partial charge in [-0.05, 0) is 6.42 Å². The predicted molar refractivity (Wildman–Crippen MR) is 23.3 cm³/mol. The molecular weight excluding hydrogens is 136 g/mol. The second-order valence-electron chi connectivity index (χ2n) is 1.10. The Balaban J connectivity index is 0. The van der Waals surface area contributed by atoms with Crippen LogP contribution in [0, 0.1) is 0 Å². The summed E-state index contributed by atoms with van der Waals surface area (Å²) in [5, 5.41) is 8.44. The van der Waals surface area contributed by atoms with Crippen LogP contribution in [0.15, 0.2) is 0 Å². The minimum absolute atomic E-state index is 0. The van der Waals surface area contributed by atoms with Gasteiger partial charge in [0.05, 0.1) is 0 Å². The van der Waals surface area contributed by atoms with Gasteiger partial charge in [0.15, 0.2) is 6.29 Å². The van der Waals surface area contributed by atoms with Crippen LogP contribution in [0.1, 0.15) is 13.3 Å². The number of aliphatic hydroxyl groups excluding tert-OH is 1. The van der Waals surface area contributed by atoms with Crippen molar-refractivity contribution in [3.63, 3.8) is 0 Å². The summed E-state index contributed by atoms with van der Waals surface area (Å²) in [4.78, 5) is 0. The van der Waals surface area contributed by atoms with Gasteiger partial charge in [-0.1, -0.05) is 6.92 Å². The van der Waals surface area contributed by atoms with E-state index in [1.807, 2.05) is 6.92 Å². The maximum Gasteiger partial charge on any atom is 0.153 e. The van der Waals surface area contributed by atoms with Gasteiger partial charge in [-0.2, -0.15) is 0 Å². The maximum absolute atomic E-state index is 8.44. The van der Waals surface area contributed by atoms with Crippen LogP contribution in [0.3, 0.4) is 0 Å². The summed E-state index contributed by atoms with van der Waals surface area (Å²) in [6, 6.07) is 0. The Morgan fingerprint density at radius 2 is 2.14 bits per heavy atom. The molecule has 0 amide bonds. The van der Waals surface area contributed by atoms with E-state index in [-0.39, 0.29) is 17.1 Å². The molecule has 0 saturated carbocycles. The molecule has 0 radical (unpaired) electrons. The number of ether oxygens (including phenoxy) is 1. The van der Waals surface area contributed by atoms with Crippen molar-refractivity contribution < 1.29 is 26.9 Å². The zero-order valence-corrected chi connectivity index (χ0v) is 5.60. The van der Waals surface area contributed by atoms with Gasteiger partial charge in [0, 0.05) is 24.2 Å². The standard InChI is InChI=1S/C4H10O2.Fe/c1-3-4(5)6-2;/h4-5H,3H2,1-2H3;. The summed E-state index contributed by atoms with van der Waals surface area (Å²) in [6.07, 6.45) is 0.0984. The Labute approximate surface area is 54.3 Å². The molecule has 1 atom stereocenters. The van der Waals surface area contributed by atoms with Crippen molar-refractivity contribution in [1.29, 1.82) is 0 Å². The minimum atomic E-state index is -0.565. The fourth-order valence-electron chi connectivity index (χ4n) is 0.167. The van der Waals surface area contributed by atoms with Crippen molar-refractivity contribution in [1.82, 2.24) is 0 Å². The summed E-state index contributed by atoms with van der Waals surface area (Å²) < 4.78 is 4.45. The van der Waals surface area contributed by atoms with Crippen molar-refractivity contribution in [2.24, 2.45) is 0 Å². The Bertz CT molecular complexity index is 28.9. The molecule has 2 nitrogen and oxygen atoms in total. The minimum Gasteiger partial charge on any atom is -0.368 e. The van der Waals surface area contributed by atoms with E-state index in [1.165, 1.54) is 7.11 Å². The number of rotatable bonds is 2. The van der Waals surface area contributed by atoms with Gasteiger partial charge in [-0.15, -0.1) is 0 Å². The summed E-state index contributed by atoms with van der Waals surface area (Å²) in [5.74, 6) is 0. The van der Waals surface area contributed by atoms with Crippen LogP contribution in [0.4, 0.5) is 0 Å². The van der Waals surface area contributed by atoms with Crippen molar-refractivity contribution in [3.05, 3.63) is 0 Å².